The quantitative estimate of drug-likeness (QED) is 0.690. The third kappa shape index (κ3) is 3.54. The number of carbonyl (C=O) groups excluding carboxylic acids is 3. The van der Waals surface area contributed by atoms with E-state index in [1.807, 2.05) is 20.8 Å². The summed E-state index contributed by atoms with van der Waals surface area (Å²) in [7, 11) is 0. The number of hydrogen-bond donors (Lipinski definition) is 0. The molecule has 9 nitrogen and oxygen atoms in total. The molecular formula is C18H28N6O3. The number of imide groups is 1. The Labute approximate surface area is 159 Å². The van der Waals surface area contributed by atoms with Gasteiger partial charge in [0.1, 0.15) is 18.2 Å². The van der Waals surface area contributed by atoms with Crippen LogP contribution in [0.2, 0.25) is 0 Å². The number of aromatic nitrogens is 3. The number of urea groups is 1. The summed E-state index contributed by atoms with van der Waals surface area (Å²) in [5.41, 5.74) is -0.789. The van der Waals surface area contributed by atoms with Crippen LogP contribution in [0.5, 0.6) is 0 Å². The van der Waals surface area contributed by atoms with Gasteiger partial charge in [-0.1, -0.05) is 13.8 Å². The van der Waals surface area contributed by atoms with Crippen molar-refractivity contribution in [2.45, 2.75) is 52.1 Å². The van der Waals surface area contributed by atoms with E-state index < -0.39 is 5.54 Å². The summed E-state index contributed by atoms with van der Waals surface area (Å²) in [5, 5.41) is 7.46. The first kappa shape index (κ1) is 19.3. The van der Waals surface area contributed by atoms with Crippen LogP contribution in [0.25, 0.3) is 0 Å². The maximum absolute atomic E-state index is 13.0. The molecule has 2 aliphatic heterocycles. The van der Waals surface area contributed by atoms with Crippen LogP contribution in [-0.4, -0.2) is 79.0 Å². The van der Waals surface area contributed by atoms with Crippen LogP contribution in [0, 0.1) is 5.92 Å². The lowest BCUT2D eigenvalue weighted by Gasteiger charge is -2.42. The van der Waals surface area contributed by atoms with Crippen LogP contribution in [0.4, 0.5) is 4.79 Å². The van der Waals surface area contributed by atoms with Crippen molar-refractivity contribution >= 4 is 17.8 Å². The fraction of sp³-hybridized carbons (Fsp3) is 0.722. The minimum atomic E-state index is -0.789. The summed E-state index contributed by atoms with van der Waals surface area (Å²) >= 11 is 0. The molecule has 148 valence electrons. The van der Waals surface area contributed by atoms with Crippen molar-refractivity contribution < 1.29 is 14.4 Å². The summed E-state index contributed by atoms with van der Waals surface area (Å²) in [6.07, 6.45) is 4.54. The van der Waals surface area contributed by atoms with E-state index in [-0.39, 0.29) is 23.8 Å². The Kier molecular flexibility index (Phi) is 5.48. The van der Waals surface area contributed by atoms with Gasteiger partial charge >= 0.3 is 6.03 Å². The Hall–Kier alpha value is -2.45. The van der Waals surface area contributed by atoms with Gasteiger partial charge in [-0.15, -0.1) is 10.2 Å². The second-order valence-corrected chi connectivity index (χ2v) is 7.70. The molecule has 0 radical (unpaired) electrons. The number of hydrogen-bond acceptors (Lipinski definition) is 5. The molecule has 2 aliphatic rings. The maximum Gasteiger partial charge on any atom is 0.327 e. The predicted molar refractivity (Wildman–Crippen MR) is 97.5 cm³/mol. The highest BCUT2D eigenvalue weighted by atomic mass is 16.2. The molecule has 0 bridgehead atoms. The summed E-state index contributed by atoms with van der Waals surface area (Å²) in [6, 6.07) is -0.191. The number of carbonyl (C=O) groups is 3. The van der Waals surface area contributed by atoms with Crippen LogP contribution in [0.1, 0.15) is 40.0 Å². The van der Waals surface area contributed by atoms with Crippen molar-refractivity contribution in [3.63, 3.8) is 0 Å². The van der Waals surface area contributed by atoms with Gasteiger partial charge in [-0.25, -0.2) is 4.79 Å². The Morgan fingerprint density at radius 1 is 1.19 bits per heavy atom. The normalized spacial score (nSPS) is 19.6. The van der Waals surface area contributed by atoms with E-state index in [2.05, 4.69) is 10.2 Å². The van der Waals surface area contributed by atoms with Crippen molar-refractivity contribution in [3.8, 4) is 0 Å². The lowest BCUT2D eigenvalue weighted by Crippen LogP contribution is -2.58. The number of rotatable bonds is 6. The lowest BCUT2D eigenvalue weighted by atomic mass is 9.85. The van der Waals surface area contributed by atoms with E-state index in [0.29, 0.717) is 52.0 Å². The SMILES string of the molecule is CCN1C(=O)N(CC(C)C)C2(CCN(C(=O)CCn3cnnc3)CC2)C1=O. The van der Waals surface area contributed by atoms with Crippen molar-refractivity contribution in [2.24, 2.45) is 5.92 Å². The van der Waals surface area contributed by atoms with Gasteiger partial charge in [-0.3, -0.25) is 14.5 Å². The van der Waals surface area contributed by atoms with Crippen molar-refractivity contribution in [1.82, 2.24) is 29.5 Å². The minimum absolute atomic E-state index is 0.0538. The topological polar surface area (TPSA) is 91.6 Å². The molecule has 0 aliphatic carbocycles. The number of aryl methyl sites for hydroxylation is 1. The average molecular weight is 376 g/mol. The molecule has 2 saturated heterocycles. The average Bonchev–Trinajstić information content (AvgIpc) is 3.23. The van der Waals surface area contributed by atoms with Gasteiger partial charge in [0.15, 0.2) is 0 Å². The number of piperidine rings is 1. The molecule has 3 rings (SSSR count). The molecule has 1 aromatic heterocycles. The van der Waals surface area contributed by atoms with Crippen LogP contribution in [0.3, 0.4) is 0 Å². The van der Waals surface area contributed by atoms with Gasteiger partial charge in [0.05, 0.1) is 0 Å². The van der Waals surface area contributed by atoms with E-state index in [1.54, 1.807) is 27.0 Å². The molecule has 27 heavy (non-hydrogen) atoms. The van der Waals surface area contributed by atoms with Crippen LogP contribution < -0.4 is 0 Å². The highest BCUT2D eigenvalue weighted by Gasteiger charge is 2.57. The van der Waals surface area contributed by atoms with Gasteiger partial charge in [-0.2, -0.15) is 0 Å². The summed E-state index contributed by atoms with van der Waals surface area (Å²) in [5.74, 6) is 0.226. The van der Waals surface area contributed by atoms with E-state index in [4.69, 9.17) is 0 Å². The van der Waals surface area contributed by atoms with Crippen molar-refractivity contribution in [1.29, 1.82) is 0 Å². The smallest absolute Gasteiger partial charge is 0.327 e. The first-order valence-electron chi connectivity index (χ1n) is 9.63. The fourth-order valence-corrected chi connectivity index (χ4v) is 4.01. The molecule has 3 heterocycles. The maximum atomic E-state index is 13.0. The Balaban J connectivity index is 1.66. The van der Waals surface area contributed by atoms with Gasteiger partial charge in [0.2, 0.25) is 5.91 Å². The fourth-order valence-electron chi connectivity index (χ4n) is 4.01. The molecule has 1 spiro atoms. The Morgan fingerprint density at radius 3 is 2.37 bits per heavy atom. The van der Waals surface area contributed by atoms with Gasteiger partial charge in [0, 0.05) is 39.1 Å². The summed E-state index contributed by atoms with van der Waals surface area (Å²) in [6.45, 7) is 8.38. The number of amides is 4. The molecule has 0 atom stereocenters. The van der Waals surface area contributed by atoms with Crippen LogP contribution in [0.15, 0.2) is 12.7 Å². The highest BCUT2D eigenvalue weighted by molar-refractivity contribution is 6.07. The van der Waals surface area contributed by atoms with E-state index in [1.165, 1.54) is 4.90 Å². The second-order valence-electron chi connectivity index (χ2n) is 7.70. The molecular weight excluding hydrogens is 348 g/mol. The molecule has 0 aromatic carbocycles. The minimum Gasteiger partial charge on any atom is -0.342 e. The molecule has 1 aromatic rings. The van der Waals surface area contributed by atoms with Crippen LogP contribution >= 0.6 is 0 Å². The molecule has 0 N–H and O–H groups in total. The molecule has 4 amide bonds. The van der Waals surface area contributed by atoms with E-state index >= 15 is 0 Å². The standard InChI is InChI=1S/C18H28N6O3/c1-4-23-16(26)18(24(17(23)27)11-14(2)3)6-9-22(10-7-18)15(25)5-8-21-12-19-20-13-21/h12-14H,4-11H2,1-3H3. The Morgan fingerprint density at radius 2 is 1.81 bits per heavy atom. The molecule has 0 saturated carbocycles. The van der Waals surface area contributed by atoms with Crippen molar-refractivity contribution in [3.05, 3.63) is 12.7 Å². The highest BCUT2D eigenvalue weighted by Crippen LogP contribution is 2.37. The Bertz CT molecular complexity index is 694. The zero-order valence-electron chi connectivity index (χ0n) is 16.3. The zero-order chi connectivity index (χ0) is 19.6. The van der Waals surface area contributed by atoms with Crippen molar-refractivity contribution in [2.75, 3.05) is 26.2 Å². The van der Waals surface area contributed by atoms with Gasteiger partial charge < -0.3 is 14.4 Å². The monoisotopic (exact) mass is 376 g/mol. The van der Waals surface area contributed by atoms with Gasteiger partial charge in [0.25, 0.3) is 5.91 Å². The first-order valence-corrected chi connectivity index (χ1v) is 9.63. The summed E-state index contributed by atoms with van der Waals surface area (Å²) in [4.78, 5) is 43.2. The first-order chi connectivity index (χ1) is 12.9. The van der Waals surface area contributed by atoms with E-state index in [0.717, 1.165) is 0 Å². The lowest BCUT2D eigenvalue weighted by molar-refractivity contribution is -0.141. The van der Waals surface area contributed by atoms with E-state index in [9.17, 15) is 14.4 Å². The predicted octanol–water partition coefficient (Wildman–Crippen LogP) is 0.969. The van der Waals surface area contributed by atoms with Gasteiger partial charge in [-0.05, 0) is 25.7 Å². The molecule has 0 unspecified atom stereocenters. The summed E-state index contributed by atoms with van der Waals surface area (Å²) < 4.78 is 1.77. The molecule has 9 heteroatoms. The zero-order valence-corrected chi connectivity index (χ0v) is 16.3. The number of nitrogens with zero attached hydrogens (tertiary/aromatic N) is 6. The molecule has 2 fully saturated rings. The number of likely N-dealkylation sites (tertiary alicyclic amines) is 1. The third-order valence-electron chi connectivity index (χ3n) is 5.48. The second kappa shape index (κ2) is 7.66. The largest absolute Gasteiger partial charge is 0.342 e. The van der Waals surface area contributed by atoms with Crippen LogP contribution in [-0.2, 0) is 16.1 Å². The third-order valence-corrected chi connectivity index (χ3v) is 5.48. The number of likely N-dealkylation sites (N-methyl/N-ethyl adjacent to an activating group) is 1.